The predicted molar refractivity (Wildman–Crippen MR) is 89.5 cm³/mol. The van der Waals surface area contributed by atoms with Crippen LogP contribution in [0.5, 0.6) is 0 Å². The van der Waals surface area contributed by atoms with Crippen molar-refractivity contribution in [3.05, 3.63) is 0 Å². The first kappa shape index (κ1) is 18.5. The van der Waals surface area contributed by atoms with Crippen molar-refractivity contribution in [1.29, 1.82) is 0 Å². The summed E-state index contributed by atoms with van der Waals surface area (Å²) < 4.78 is 5.39. The first-order valence-electron chi connectivity index (χ1n) is 8.30. The third-order valence-electron chi connectivity index (χ3n) is 5.83. The zero-order valence-corrected chi connectivity index (χ0v) is 14.9. The van der Waals surface area contributed by atoms with Crippen LogP contribution < -0.4 is 5.32 Å². The lowest BCUT2D eigenvalue weighted by atomic mass is 9.71. The summed E-state index contributed by atoms with van der Waals surface area (Å²) in [5.41, 5.74) is 0.135. The average molecular weight is 346 g/mol. The summed E-state index contributed by atoms with van der Waals surface area (Å²) >= 11 is 0. The largest absolute Gasteiger partial charge is 0.384 e. The summed E-state index contributed by atoms with van der Waals surface area (Å²) in [7, 11) is 1.73. The number of nitrogens with one attached hydrogen (secondary N) is 1. The van der Waals surface area contributed by atoms with Gasteiger partial charge in [-0.05, 0) is 18.3 Å². The third-order valence-corrected chi connectivity index (χ3v) is 5.83. The van der Waals surface area contributed by atoms with Crippen molar-refractivity contribution in [3.63, 3.8) is 0 Å². The molecule has 0 aromatic carbocycles. The summed E-state index contributed by atoms with van der Waals surface area (Å²) in [6.45, 7) is 7.25. The molecule has 1 N–H and O–H groups in total. The first-order chi connectivity index (χ1) is 10.6. The van der Waals surface area contributed by atoms with Crippen molar-refractivity contribution in [2.24, 2.45) is 17.3 Å². The van der Waals surface area contributed by atoms with Crippen LogP contribution in [-0.4, -0.2) is 74.6 Å². The van der Waals surface area contributed by atoms with Gasteiger partial charge in [-0.15, -0.1) is 12.4 Å². The number of rotatable bonds is 3. The van der Waals surface area contributed by atoms with E-state index in [4.69, 9.17) is 4.74 Å². The van der Waals surface area contributed by atoms with E-state index in [-0.39, 0.29) is 29.6 Å². The summed E-state index contributed by atoms with van der Waals surface area (Å²) in [4.78, 5) is 28.1. The minimum absolute atomic E-state index is 0. The number of nitrogens with zero attached hydrogens (tertiary/aromatic N) is 2. The number of carbonyl (C=O) groups is 2. The Balaban J connectivity index is 0.00000192. The van der Waals surface area contributed by atoms with Crippen LogP contribution in [0, 0.1) is 17.3 Å². The van der Waals surface area contributed by atoms with Crippen LogP contribution in [0.4, 0.5) is 0 Å². The van der Waals surface area contributed by atoms with E-state index in [1.165, 1.54) is 0 Å². The molecule has 0 radical (unpaired) electrons. The Morgan fingerprint density at radius 1 is 1.22 bits per heavy atom. The van der Waals surface area contributed by atoms with Crippen molar-refractivity contribution in [3.8, 4) is 0 Å². The highest BCUT2D eigenvalue weighted by molar-refractivity contribution is 5.85. The second-order valence-corrected chi connectivity index (χ2v) is 7.09. The molecule has 3 fully saturated rings. The highest BCUT2D eigenvalue weighted by Crippen LogP contribution is 2.45. The maximum Gasteiger partial charge on any atom is 0.228 e. The molecule has 3 saturated heterocycles. The third kappa shape index (κ3) is 3.49. The van der Waals surface area contributed by atoms with Crippen molar-refractivity contribution in [1.82, 2.24) is 15.1 Å². The van der Waals surface area contributed by atoms with Crippen molar-refractivity contribution in [2.45, 2.75) is 19.8 Å². The van der Waals surface area contributed by atoms with Gasteiger partial charge in [-0.1, -0.05) is 0 Å². The van der Waals surface area contributed by atoms with E-state index in [9.17, 15) is 9.59 Å². The van der Waals surface area contributed by atoms with Gasteiger partial charge >= 0.3 is 0 Å². The van der Waals surface area contributed by atoms with Crippen LogP contribution >= 0.6 is 12.4 Å². The van der Waals surface area contributed by atoms with Gasteiger partial charge < -0.3 is 19.9 Å². The van der Waals surface area contributed by atoms with E-state index < -0.39 is 0 Å². The van der Waals surface area contributed by atoms with E-state index in [1.807, 2.05) is 9.80 Å². The van der Waals surface area contributed by atoms with Gasteiger partial charge in [0.2, 0.25) is 11.8 Å². The van der Waals surface area contributed by atoms with Gasteiger partial charge in [-0.25, -0.2) is 0 Å². The Kier molecular flexibility index (Phi) is 5.92. The van der Waals surface area contributed by atoms with Gasteiger partial charge in [0.1, 0.15) is 0 Å². The Hall–Kier alpha value is -0.850. The number of amides is 2. The zero-order chi connectivity index (χ0) is 15.7. The SMILES string of the molecule is COCC1CN(C(C)=O)CC12CCN(C(=O)C1CNC1)CC2.Cl. The molecule has 3 heterocycles. The molecule has 1 atom stereocenters. The van der Waals surface area contributed by atoms with E-state index >= 15 is 0 Å². The second-order valence-electron chi connectivity index (χ2n) is 7.09. The summed E-state index contributed by atoms with van der Waals surface area (Å²) in [5.74, 6) is 1.03. The molecule has 1 unspecified atom stereocenters. The van der Waals surface area contributed by atoms with Gasteiger partial charge in [0, 0.05) is 59.2 Å². The molecule has 3 rings (SSSR count). The molecule has 6 nitrogen and oxygen atoms in total. The molecule has 3 aliphatic heterocycles. The first-order valence-corrected chi connectivity index (χ1v) is 8.30. The zero-order valence-electron chi connectivity index (χ0n) is 14.0. The highest BCUT2D eigenvalue weighted by atomic mass is 35.5. The molecule has 132 valence electrons. The minimum Gasteiger partial charge on any atom is -0.384 e. The van der Waals surface area contributed by atoms with Crippen LogP contribution in [-0.2, 0) is 14.3 Å². The van der Waals surface area contributed by atoms with Crippen molar-refractivity contribution >= 4 is 24.2 Å². The monoisotopic (exact) mass is 345 g/mol. The van der Waals surface area contributed by atoms with E-state index in [0.29, 0.717) is 18.4 Å². The fourth-order valence-electron chi connectivity index (χ4n) is 4.16. The molecule has 0 saturated carbocycles. The lowest BCUT2D eigenvalue weighted by Gasteiger charge is -2.44. The Labute approximate surface area is 144 Å². The van der Waals surface area contributed by atoms with Crippen molar-refractivity contribution in [2.75, 3.05) is 53.0 Å². The number of piperidine rings is 1. The molecule has 0 aromatic rings. The van der Waals surface area contributed by atoms with Crippen LogP contribution in [0.1, 0.15) is 19.8 Å². The maximum absolute atomic E-state index is 12.4. The number of halogens is 1. The van der Waals surface area contributed by atoms with Gasteiger partial charge in [0.25, 0.3) is 0 Å². The van der Waals surface area contributed by atoms with Crippen LogP contribution in [0.2, 0.25) is 0 Å². The second kappa shape index (κ2) is 7.36. The Morgan fingerprint density at radius 3 is 2.35 bits per heavy atom. The van der Waals surface area contributed by atoms with Gasteiger partial charge in [0.05, 0.1) is 12.5 Å². The van der Waals surface area contributed by atoms with Crippen LogP contribution in [0.15, 0.2) is 0 Å². The smallest absolute Gasteiger partial charge is 0.228 e. The van der Waals surface area contributed by atoms with Gasteiger partial charge in [0.15, 0.2) is 0 Å². The molecular weight excluding hydrogens is 318 g/mol. The van der Waals surface area contributed by atoms with Gasteiger partial charge in [-0.2, -0.15) is 0 Å². The van der Waals surface area contributed by atoms with Crippen LogP contribution in [0.3, 0.4) is 0 Å². The van der Waals surface area contributed by atoms with Crippen LogP contribution in [0.25, 0.3) is 0 Å². The minimum atomic E-state index is 0. The normalized spacial score (nSPS) is 26.8. The predicted octanol–water partition coefficient (Wildman–Crippen LogP) is 0.361. The molecule has 1 spiro atoms. The van der Waals surface area contributed by atoms with Gasteiger partial charge in [-0.3, -0.25) is 9.59 Å². The topological polar surface area (TPSA) is 61.9 Å². The van der Waals surface area contributed by atoms with Crippen molar-refractivity contribution < 1.29 is 14.3 Å². The highest BCUT2D eigenvalue weighted by Gasteiger charge is 2.49. The molecular formula is C16H28ClN3O3. The number of hydrogen-bond donors (Lipinski definition) is 1. The molecule has 2 amide bonds. The Morgan fingerprint density at radius 2 is 1.87 bits per heavy atom. The maximum atomic E-state index is 12.4. The lowest BCUT2D eigenvalue weighted by molar-refractivity contribution is -0.140. The Bertz CT molecular complexity index is 448. The molecule has 23 heavy (non-hydrogen) atoms. The number of ether oxygens (including phenoxy) is 1. The number of carbonyl (C=O) groups excluding carboxylic acids is 2. The standard InChI is InChI=1S/C16H27N3O3.ClH/c1-12(20)19-9-14(10-22-2)16(11-19)3-5-18(6-4-16)15(21)13-7-17-8-13;/h13-14,17H,3-11H2,1-2H3;1H. The molecule has 7 heteroatoms. The number of hydrogen-bond acceptors (Lipinski definition) is 4. The fraction of sp³-hybridized carbons (Fsp3) is 0.875. The number of likely N-dealkylation sites (tertiary alicyclic amines) is 2. The summed E-state index contributed by atoms with van der Waals surface area (Å²) in [6, 6.07) is 0. The lowest BCUT2D eigenvalue weighted by Crippen LogP contribution is -2.55. The molecule has 0 bridgehead atoms. The quantitative estimate of drug-likeness (QED) is 0.802. The molecule has 0 aliphatic carbocycles. The molecule has 3 aliphatic rings. The summed E-state index contributed by atoms with van der Waals surface area (Å²) in [6.07, 6.45) is 1.97. The van der Waals surface area contributed by atoms with E-state index in [2.05, 4.69) is 5.32 Å². The fourth-order valence-corrected chi connectivity index (χ4v) is 4.16. The summed E-state index contributed by atoms with van der Waals surface area (Å²) in [5, 5.41) is 3.16. The molecule has 0 aromatic heterocycles. The van der Waals surface area contributed by atoms with E-state index in [0.717, 1.165) is 52.1 Å². The van der Waals surface area contributed by atoms with E-state index in [1.54, 1.807) is 14.0 Å². The average Bonchev–Trinajstić information content (AvgIpc) is 2.77. The number of methoxy groups -OCH3 is 1.